The lowest BCUT2D eigenvalue weighted by molar-refractivity contribution is 1.17. The second-order valence-corrected chi connectivity index (χ2v) is 15.2. The van der Waals surface area contributed by atoms with Crippen molar-refractivity contribution in [3.8, 4) is 27.9 Å². The number of hydrogen-bond acceptors (Lipinski definition) is 2. The standard InChI is InChI=1S/C52H34N2S/c1-2-12-38-33-39(24-23-35(38)11-1)36-25-29-40(30-26-36)53(41-31-27-37(28-32-41)44-18-10-19-48-47-17-5-8-22-51(47)55-52(44)48)42-13-9-14-43(34-42)54-49-20-6-3-15-45(49)46-16-4-7-21-50(46)54/h1-34H. The van der Waals surface area contributed by atoms with Crippen LogP contribution < -0.4 is 4.90 Å². The van der Waals surface area contributed by atoms with Crippen molar-refractivity contribution >= 4 is 81.1 Å². The Bertz CT molecular complexity index is 3150. The van der Waals surface area contributed by atoms with Crippen molar-refractivity contribution in [2.24, 2.45) is 0 Å². The Balaban J connectivity index is 1.04. The van der Waals surface area contributed by atoms with Crippen LogP contribution in [0.15, 0.2) is 206 Å². The van der Waals surface area contributed by atoms with Gasteiger partial charge >= 0.3 is 0 Å². The molecule has 0 aliphatic carbocycles. The molecule has 0 N–H and O–H groups in total. The summed E-state index contributed by atoms with van der Waals surface area (Å²) in [6.45, 7) is 0. The maximum absolute atomic E-state index is 2.39. The van der Waals surface area contributed by atoms with Gasteiger partial charge in [0.05, 0.1) is 11.0 Å². The van der Waals surface area contributed by atoms with Crippen LogP contribution in [0.5, 0.6) is 0 Å². The van der Waals surface area contributed by atoms with Gasteiger partial charge in [0.15, 0.2) is 0 Å². The number of rotatable bonds is 6. The van der Waals surface area contributed by atoms with Crippen LogP contribution in [0.3, 0.4) is 0 Å². The van der Waals surface area contributed by atoms with Crippen LogP contribution in [0.2, 0.25) is 0 Å². The first kappa shape index (κ1) is 31.6. The van der Waals surface area contributed by atoms with E-state index in [1.165, 1.54) is 75.0 Å². The summed E-state index contributed by atoms with van der Waals surface area (Å²) in [6.07, 6.45) is 0. The number of fused-ring (bicyclic) bond motifs is 7. The fourth-order valence-electron chi connectivity index (χ4n) is 8.36. The van der Waals surface area contributed by atoms with E-state index in [1.807, 2.05) is 11.3 Å². The highest BCUT2D eigenvalue weighted by Gasteiger charge is 2.18. The zero-order chi connectivity index (χ0) is 36.3. The molecule has 0 saturated heterocycles. The molecule has 11 rings (SSSR count). The molecule has 2 heterocycles. The smallest absolute Gasteiger partial charge is 0.0541 e. The quantitative estimate of drug-likeness (QED) is 0.166. The first-order chi connectivity index (χ1) is 27.3. The topological polar surface area (TPSA) is 8.17 Å². The van der Waals surface area contributed by atoms with E-state index in [1.54, 1.807) is 0 Å². The summed E-state index contributed by atoms with van der Waals surface area (Å²) in [4.78, 5) is 2.38. The number of hydrogen-bond donors (Lipinski definition) is 0. The molecule has 0 saturated carbocycles. The highest BCUT2D eigenvalue weighted by atomic mass is 32.1. The van der Waals surface area contributed by atoms with Crippen LogP contribution in [0.25, 0.3) is 80.7 Å². The first-order valence-electron chi connectivity index (χ1n) is 18.8. The van der Waals surface area contributed by atoms with Crippen molar-refractivity contribution in [2.75, 3.05) is 4.90 Å². The summed E-state index contributed by atoms with van der Waals surface area (Å²) >= 11 is 1.88. The molecule has 0 fully saturated rings. The number of thiophene rings is 1. The molecule has 0 amide bonds. The third-order valence-electron chi connectivity index (χ3n) is 11.0. The van der Waals surface area contributed by atoms with Gasteiger partial charge in [0.25, 0.3) is 0 Å². The van der Waals surface area contributed by atoms with Crippen LogP contribution in [-0.2, 0) is 0 Å². The van der Waals surface area contributed by atoms with E-state index in [0.717, 1.165) is 22.7 Å². The van der Waals surface area contributed by atoms with E-state index in [4.69, 9.17) is 0 Å². The number of aromatic nitrogens is 1. The molecule has 0 spiro atoms. The predicted octanol–water partition coefficient (Wildman–Crippen LogP) is 15.1. The molecule has 258 valence electrons. The molecule has 2 aromatic heterocycles. The van der Waals surface area contributed by atoms with Crippen molar-refractivity contribution in [1.82, 2.24) is 4.57 Å². The molecule has 0 radical (unpaired) electrons. The molecule has 11 aromatic rings. The zero-order valence-corrected chi connectivity index (χ0v) is 30.7. The molecule has 3 heteroatoms. The Morgan fingerprint density at radius 2 is 0.945 bits per heavy atom. The van der Waals surface area contributed by atoms with E-state index >= 15 is 0 Å². The maximum atomic E-state index is 2.39. The van der Waals surface area contributed by atoms with Gasteiger partial charge in [0.2, 0.25) is 0 Å². The minimum atomic E-state index is 1.09. The Hall–Kier alpha value is -6.94. The van der Waals surface area contributed by atoms with Crippen molar-refractivity contribution in [1.29, 1.82) is 0 Å². The summed E-state index contributed by atoms with van der Waals surface area (Å²) in [5.41, 5.74) is 11.7. The normalized spacial score (nSPS) is 11.6. The van der Waals surface area contributed by atoms with Gasteiger partial charge in [0, 0.05) is 53.7 Å². The molecular weight excluding hydrogens is 685 g/mol. The molecule has 2 nitrogen and oxygen atoms in total. The van der Waals surface area contributed by atoms with E-state index in [9.17, 15) is 0 Å². The number of nitrogens with zero attached hydrogens (tertiary/aromatic N) is 2. The summed E-state index contributed by atoms with van der Waals surface area (Å²) < 4.78 is 5.05. The van der Waals surface area contributed by atoms with Gasteiger partial charge in [-0.2, -0.15) is 0 Å². The molecule has 0 bridgehead atoms. The largest absolute Gasteiger partial charge is 0.310 e. The summed E-state index contributed by atoms with van der Waals surface area (Å²) in [5, 5.41) is 7.66. The minimum Gasteiger partial charge on any atom is -0.310 e. The van der Waals surface area contributed by atoms with Gasteiger partial charge < -0.3 is 9.47 Å². The highest BCUT2D eigenvalue weighted by Crippen LogP contribution is 2.42. The summed E-state index contributed by atoms with van der Waals surface area (Å²) in [6, 6.07) is 75.2. The van der Waals surface area contributed by atoms with Crippen LogP contribution in [-0.4, -0.2) is 4.57 Å². The summed E-state index contributed by atoms with van der Waals surface area (Å²) in [7, 11) is 0. The molecule has 0 atom stereocenters. The Morgan fingerprint density at radius 3 is 1.69 bits per heavy atom. The molecule has 0 unspecified atom stereocenters. The van der Waals surface area contributed by atoms with Gasteiger partial charge in [-0.25, -0.2) is 0 Å². The number of benzene rings is 9. The minimum absolute atomic E-state index is 1.09. The Morgan fingerprint density at radius 1 is 0.364 bits per heavy atom. The summed E-state index contributed by atoms with van der Waals surface area (Å²) in [5.74, 6) is 0. The third kappa shape index (κ3) is 5.32. The van der Waals surface area contributed by atoms with Crippen molar-refractivity contribution in [3.63, 3.8) is 0 Å². The molecule has 0 aliphatic heterocycles. The lowest BCUT2D eigenvalue weighted by Crippen LogP contribution is -2.10. The Kier molecular flexibility index (Phi) is 7.39. The molecule has 55 heavy (non-hydrogen) atoms. The maximum Gasteiger partial charge on any atom is 0.0541 e. The second kappa shape index (κ2) is 12.9. The van der Waals surface area contributed by atoms with E-state index in [2.05, 4.69) is 216 Å². The lowest BCUT2D eigenvalue weighted by Gasteiger charge is -2.26. The monoisotopic (exact) mass is 718 g/mol. The molecule has 9 aromatic carbocycles. The second-order valence-electron chi connectivity index (χ2n) is 14.2. The molecular formula is C52H34N2S. The van der Waals surface area contributed by atoms with Gasteiger partial charge in [0.1, 0.15) is 0 Å². The van der Waals surface area contributed by atoms with Gasteiger partial charge in [-0.05, 0) is 99.8 Å². The van der Waals surface area contributed by atoms with E-state index in [0.29, 0.717) is 0 Å². The van der Waals surface area contributed by atoms with Crippen molar-refractivity contribution < 1.29 is 0 Å². The highest BCUT2D eigenvalue weighted by molar-refractivity contribution is 7.26. The van der Waals surface area contributed by atoms with Gasteiger partial charge in [-0.3, -0.25) is 0 Å². The van der Waals surface area contributed by atoms with Crippen LogP contribution >= 0.6 is 11.3 Å². The fourth-order valence-corrected chi connectivity index (χ4v) is 9.59. The van der Waals surface area contributed by atoms with Crippen molar-refractivity contribution in [3.05, 3.63) is 206 Å². The lowest BCUT2D eigenvalue weighted by atomic mass is 10.0. The van der Waals surface area contributed by atoms with Crippen LogP contribution in [0.4, 0.5) is 17.1 Å². The predicted molar refractivity (Wildman–Crippen MR) is 237 cm³/mol. The fraction of sp³-hybridized carbons (Fsp3) is 0. The zero-order valence-electron chi connectivity index (χ0n) is 29.9. The third-order valence-corrected chi connectivity index (χ3v) is 12.2. The average Bonchev–Trinajstić information content (AvgIpc) is 3.80. The number of para-hydroxylation sites is 2. The number of anilines is 3. The first-order valence-corrected chi connectivity index (χ1v) is 19.6. The Labute approximate surface area is 323 Å². The molecule has 0 aliphatic rings. The van der Waals surface area contributed by atoms with Crippen LogP contribution in [0, 0.1) is 0 Å². The van der Waals surface area contributed by atoms with E-state index < -0.39 is 0 Å². The van der Waals surface area contributed by atoms with Crippen molar-refractivity contribution in [2.45, 2.75) is 0 Å². The average molecular weight is 719 g/mol. The van der Waals surface area contributed by atoms with E-state index in [-0.39, 0.29) is 0 Å². The van der Waals surface area contributed by atoms with Crippen LogP contribution in [0.1, 0.15) is 0 Å². The van der Waals surface area contributed by atoms with Gasteiger partial charge in [-0.1, -0.05) is 140 Å². The SMILES string of the molecule is c1cc(N(c2ccc(-c3ccc4ccccc4c3)cc2)c2ccc(-c3cccc4c3sc3ccccc34)cc2)cc(-n2c3ccccc3c3ccccc32)c1. The van der Waals surface area contributed by atoms with Gasteiger partial charge in [-0.15, -0.1) is 11.3 Å².